The average Bonchev–Trinajstić information content (AvgIpc) is 3.64. The normalized spacial score (nSPS) is 16.0. The summed E-state index contributed by atoms with van der Waals surface area (Å²) in [4.78, 5) is 55.1. The van der Waals surface area contributed by atoms with Gasteiger partial charge in [-0.25, -0.2) is 14.8 Å². The lowest BCUT2D eigenvalue weighted by Gasteiger charge is -2.27. The van der Waals surface area contributed by atoms with Gasteiger partial charge in [0.05, 0.1) is 17.4 Å². The van der Waals surface area contributed by atoms with Crippen molar-refractivity contribution in [2.24, 2.45) is 0 Å². The van der Waals surface area contributed by atoms with E-state index < -0.39 is 29.9 Å². The summed E-state index contributed by atoms with van der Waals surface area (Å²) in [6, 6.07) is 5.83. The predicted octanol–water partition coefficient (Wildman–Crippen LogP) is 4.20. The molecule has 4 N–H and O–H groups in total. The van der Waals surface area contributed by atoms with Gasteiger partial charge in [-0.2, -0.15) is 0 Å². The molecule has 2 aromatic carbocycles. The van der Waals surface area contributed by atoms with Gasteiger partial charge >= 0.3 is 5.97 Å². The number of nitrogens with one attached hydrogen (secondary N) is 3. The Morgan fingerprint density at radius 3 is 2.54 bits per heavy atom. The number of aryl methyl sites for hydroxylation is 2. The first-order chi connectivity index (χ1) is 18.6. The number of fused-ring (bicyclic) bond motifs is 1. The number of carboxylic acid groups (broad SMARTS) is 1. The number of aromatic amines is 2. The maximum atomic E-state index is 13.5. The molecule has 2 aromatic heterocycles. The van der Waals surface area contributed by atoms with Crippen LogP contribution in [0.3, 0.4) is 0 Å². The molecule has 0 spiro atoms. The zero-order valence-electron chi connectivity index (χ0n) is 21.2. The minimum Gasteiger partial charge on any atom is -0.480 e. The van der Waals surface area contributed by atoms with E-state index in [-0.39, 0.29) is 6.42 Å². The standard InChI is InChI=1S/C27H26I2N6O4/c1-13-6-19-20(7-14(13)2)33-24(32-19)23-17(28)8-15(9-18(23)29)25(36)34-21(10-16-11-30-12-31-16)26(37)35-5-3-4-22(35)27(38)39/h6-9,11-12,21-22H,3-5,10H2,1-2H3,(H,30,31)(H,32,33)(H,34,36)(H,38,39)/t21-,22-/m0/s1. The van der Waals surface area contributed by atoms with Crippen LogP contribution in [-0.4, -0.2) is 66.4 Å². The Morgan fingerprint density at radius 1 is 1.15 bits per heavy atom. The van der Waals surface area contributed by atoms with Gasteiger partial charge in [0.25, 0.3) is 5.91 Å². The Labute approximate surface area is 251 Å². The third kappa shape index (κ3) is 5.66. The summed E-state index contributed by atoms with van der Waals surface area (Å²) >= 11 is 4.39. The van der Waals surface area contributed by atoms with E-state index in [1.165, 1.54) is 22.4 Å². The number of carboxylic acids is 1. The predicted molar refractivity (Wildman–Crippen MR) is 162 cm³/mol. The molecule has 1 aliphatic rings. The molecule has 10 nitrogen and oxygen atoms in total. The molecule has 5 rings (SSSR count). The zero-order chi connectivity index (χ0) is 27.8. The van der Waals surface area contributed by atoms with E-state index in [9.17, 15) is 19.5 Å². The van der Waals surface area contributed by atoms with E-state index in [1.54, 1.807) is 18.3 Å². The van der Waals surface area contributed by atoms with Crippen molar-refractivity contribution in [3.8, 4) is 11.4 Å². The second-order valence-corrected chi connectivity index (χ2v) is 12.0. The molecule has 12 heteroatoms. The van der Waals surface area contributed by atoms with E-state index in [4.69, 9.17) is 4.98 Å². The van der Waals surface area contributed by atoms with E-state index in [0.717, 1.165) is 29.6 Å². The summed E-state index contributed by atoms with van der Waals surface area (Å²) in [5, 5.41) is 12.4. The fraction of sp³-hybridized carbons (Fsp3) is 0.296. The SMILES string of the molecule is Cc1cc2nc(-c3c(I)cc(C(=O)N[C@@H](Cc4cnc[nH]4)C(=O)N4CCC[C@H]4C(=O)O)cc3I)[nH]c2cc1C. The highest BCUT2D eigenvalue weighted by Crippen LogP contribution is 2.32. The van der Waals surface area contributed by atoms with Crippen LogP contribution in [0.25, 0.3) is 22.4 Å². The van der Waals surface area contributed by atoms with Gasteiger partial charge in [0.2, 0.25) is 5.91 Å². The molecule has 2 atom stereocenters. The Balaban J connectivity index is 1.42. The zero-order valence-corrected chi connectivity index (χ0v) is 25.5. The van der Waals surface area contributed by atoms with Crippen LogP contribution >= 0.6 is 45.2 Å². The van der Waals surface area contributed by atoms with Gasteiger partial charge in [-0.15, -0.1) is 0 Å². The van der Waals surface area contributed by atoms with Crippen LogP contribution < -0.4 is 5.32 Å². The summed E-state index contributed by atoms with van der Waals surface area (Å²) in [5.41, 5.74) is 6.12. The smallest absolute Gasteiger partial charge is 0.326 e. The minimum atomic E-state index is -1.04. The Hall–Kier alpha value is -3.01. The summed E-state index contributed by atoms with van der Waals surface area (Å²) in [7, 11) is 0. The van der Waals surface area contributed by atoms with Crippen LogP contribution in [0.2, 0.25) is 0 Å². The fourth-order valence-corrected chi connectivity index (χ4v) is 7.14. The molecular formula is C27H26I2N6O4. The van der Waals surface area contributed by atoms with Gasteiger partial charge in [0, 0.05) is 43.1 Å². The van der Waals surface area contributed by atoms with Crippen molar-refractivity contribution in [3.05, 3.63) is 66.3 Å². The first-order valence-corrected chi connectivity index (χ1v) is 14.6. The van der Waals surface area contributed by atoms with Crippen LogP contribution in [0.5, 0.6) is 0 Å². The number of nitrogens with zero attached hydrogens (tertiary/aromatic N) is 3. The molecule has 0 saturated carbocycles. The van der Waals surface area contributed by atoms with Crippen LogP contribution in [-0.2, 0) is 16.0 Å². The number of carbonyl (C=O) groups is 3. The van der Waals surface area contributed by atoms with E-state index in [0.29, 0.717) is 30.6 Å². The quantitative estimate of drug-likeness (QED) is 0.209. The molecule has 202 valence electrons. The molecule has 3 heterocycles. The van der Waals surface area contributed by atoms with Gasteiger partial charge in [0.15, 0.2) is 0 Å². The lowest BCUT2D eigenvalue weighted by atomic mass is 10.1. The molecule has 1 saturated heterocycles. The number of H-pyrrole nitrogens is 2. The molecule has 0 unspecified atom stereocenters. The van der Waals surface area contributed by atoms with Gasteiger partial charge < -0.3 is 25.3 Å². The molecule has 4 aromatic rings. The summed E-state index contributed by atoms with van der Waals surface area (Å²) in [6.07, 6.45) is 4.25. The first kappa shape index (κ1) is 27.6. The summed E-state index contributed by atoms with van der Waals surface area (Å²) in [5.74, 6) is -1.16. The Bertz CT molecular complexity index is 1520. The molecule has 0 radical (unpaired) electrons. The second-order valence-electron chi connectivity index (χ2n) is 9.69. The van der Waals surface area contributed by atoms with Crippen molar-refractivity contribution in [1.82, 2.24) is 30.2 Å². The average molecular weight is 752 g/mol. The maximum absolute atomic E-state index is 13.5. The van der Waals surface area contributed by atoms with Gasteiger partial charge in [-0.3, -0.25) is 9.59 Å². The number of carbonyl (C=O) groups excluding carboxylic acids is 2. The third-order valence-corrected chi connectivity index (χ3v) is 8.74. The van der Waals surface area contributed by atoms with Gasteiger partial charge in [-0.1, -0.05) is 0 Å². The number of rotatable bonds is 7. The molecule has 2 amide bonds. The topological polar surface area (TPSA) is 144 Å². The van der Waals surface area contributed by atoms with Crippen molar-refractivity contribution in [2.75, 3.05) is 6.54 Å². The number of halogens is 2. The number of aliphatic carboxylic acids is 1. The van der Waals surface area contributed by atoms with Crippen molar-refractivity contribution >= 4 is 74.0 Å². The molecular weight excluding hydrogens is 726 g/mol. The lowest BCUT2D eigenvalue weighted by Crippen LogP contribution is -2.52. The van der Waals surface area contributed by atoms with Crippen molar-refractivity contribution < 1.29 is 19.5 Å². The first-order valence-electron chi connectivity index (χ1n) is 12.4. The van der Waals surface area contributed by atoms with E-state index in [2.05, 4.69) is 91.4 Å². The molecule has 1 fully saturated rings. The van der Waals surface area contributed by atoms with E-state index >= 15 is 0 Å². The van der Waals surface area contributed by atoms with Gasteiger partial charge in [-0.05, 0) is 107 Å². The Kier molecular flexibility index (Phi) is 7.94. The number of imidazole rings is 2. The van der Waals surface area contributed by atoms with Crippen LogP contribution in [0.15, 0.2) is 36.8 Å². The number of amides is 2. The number of aromatic nitrogens is 4. The molecule has 1 aliphatic heterocycles. The summed E-state index contributed by atoms with van der Waals surface area (Å²) in [6.45, 7) is 4.46. The summed E-state index contributed by atoms with van der Waals surface area (Å²) < 4.78 is 1.66. The van der Waals surface area contributed by atoms with Crippen molar-refractivity contribution in [1.29, 1.82) is 0 Å². The van der Waals surface area contributed by atoms with Gasteiger partial charge in [0.1, 0.15) is 17.9 Å². The highest BCUT2D eigenvalue weighted by Gasteiger charge is 2.38. The van der Waals surface area contributed by atoms with Crippen molar-refractivity contribution in [2.45, 2.75) is 45.2 Å². The number of benzene rings is 2. The third-order valence-electron chi connectivity index (χ3n) is 7.04. The second kappa shape index (κ2) is 11.2. The van der Waals surface area contributed by atoms with Crippen LogP contribution in [0.4, 0.5) is 0 Å². The fourth-order valence-electron chi connectivity index (χ4n) is 4.86. The maximum Gasteiger partial charge on any atom is 0.326 e. The van der Waals surface area contributed by atoms with Crippen LogP contribution in [0.1, 0.15) is 40.0 Å². The highest BCUT2D eigenvalue weighted by molar-refractivity contribution is 14.1. The largest absolute Gasteiger partial charge is 0.480 e. The molecule has 0 bridgehead atoms. The molecule has 0 aliphatic carbocycles. The Morgan fingerprint density at radius 2 is 1.87 bits per heavy atom. The highest BCUT2D eigenvalue weighted by atomic mass is 127. The minimum absolute atomic E-state index is 0.164. The number of hydrogen-bond donors (Lipinski definition) is 4. The van der Waals surface area contributed by atoms with E-state index in [1.807, 2.05) is 0 Å². The molecule has 39 heavy (non-hydrogen) atoms. The number of likely N-dealkylation sites (tertiary alicyclic amines) is 1. The number of hydrogen-bond acceptors (Lipinski definition) is 5. The van der Waals surface area contributed by atoms with Crippen LogP contribution in [0, 0.1) is 21.0 Å². The lowest BCUT2D eigenvalue weighted by molar-refractivity contribution is -0.148. The van der Waals surface area contributed by atoms with Crippen molar-refractivity contribution in [3.63, 3.8) is 0 Å². The monoisotopic (exact) mass is 752 g/mol.